The molecule has 2 aromatic heterocycles. The van der Waals surface area contributed by atoms with Crippen molar-refractivity contribution in [1.29, 1.82) is 0 Å². The van der Waals surface area contributed by atoms with Crippen molar-refractivity contribution in [1.82, 2.24) is 19.3 Å². The maximum Gasteiger partial charge on any atom is 0.261 e. The van der Waals surface area contributed by atoms with Crippen molar-refractivity contribution >= 4 is 21.6 Å². The molecule has 8 heteroatoms. The average molecular weight is 315 g/mol. The summed E-state index contributed by atoms with van der Waals surface area (Å²) >= 11 is 5.90. The minimum absolute atomic E-state index is 0.0780. The lowest BCUT2D eigenvalue weighted by Crippen LogP contribution is -2.25. The molecule has 0 aliphatic heterocycles. The van der Waals surface area contributed by atoms with Crippen LogP contribution in [0.4, 0.5) is 0 Å². The standard InChI is InChI=1S/C12H15ClN4O2S/c1-3-9-5-4-6-14-10(9)7-16-20(18,19)12-11(13)17(2)8-15-12/h4-6,8,16H,3,7H2,1-2H3. The van der Waals surface area contributed by atoms with Gasteiger partial charge in [0.05, 0.1) is 18.6 Å². The summed E-state index contributed by atoms with van der Waals surface area (Å²) in [6, 6.07) is 3.75. The van der Waals surface area contributed by atoms with Crippen molar-refractivity contribution in [3.05, 3.63) is 41.1 Å². The molecule has 20 heavy (non-hydrogen) atoms. The molecule has 0 saturated carbocycles. The van der Waals surface area contributed by atoms with E-state index in [0.717, 1.165) is 12.0 Å². The number of imidazole rings is 1. The highest BCUT2D eigenvalue weighted by Crippen LogP contribution is 2.18. The zero-order valence-electron chi connectivity index (χ0n) is 11.2. The Balaban J connectivity index is 2.20. The number of aryl methyl sites for hydroxylation is 2. The second-order valence-corrected chi connectivity index (χ2v) is 6.28. The predicted molar refractivity (Wildman–Crippen MR) is 75.9 cm³/mol. The fourth-order valence-electron chi connectivity index (χ4n) is 1.76. The van der Waals surface area contributed by atoms with E-state index in [1.54, 1.807) is 13.2 Å². The Labute approximate surface area is 122 Å². The van der Waals surface area contributed by atoms with Gasteiger partial charge in [-0.3, -0.25) is 4.98 Å². The third-order valence-electron chi connectivity index (χ3n) is 2.88. The fraction of sp³-hybridized carbons (Fsp3) is 0.333. The van der Waals surface area contributed by atoms with E-state index in [1.165, 1.54) is 10.9 Å². The largest absolute Gasteiger partial charge is 0.324 e. The molecule has 0 bridgehead atoms. The van der Waals surface area contributed by atoms with Crippen LogP contribution in [0.1, 0.15) is 18.2 Å². The van der Waals surface area contributed by atoms with Crippen molar-refractivity contribution in [2.24, 2.45) is 7.05 Å². The summed E-state index contributed by atoms with van der Waals surface area (Å²) in [5.41, 5.74) is 1.70. The first-order chi connectivity index (χ1) is 9.45. The van der Waals surface area contributed by atoms with E-state index >= 15 is 0 Å². The number of hydrogen-bond donors (Lipinski definition) is 1. The summed E-state index contributed by atoms with van der Waals surface area (Å²) in [6.07, 6.45) is 3.78. The van der Waals surface area contributed by atoms with Gasteiger partial charge in [-0.1, -0.05) is 24.6 Å². The minimum Gasteiger partial charge on any atom is -0.324 e. The van der Waals surface area contributed by atoms with E-state index in [1.807, 2.05) is 19.1 Å². The molecule has 0 spiro atoms. The van der Waals surface area contributed by atoms with Crippen LogP contribution in [0.25, 0.3) is 0 Å². The molecular weight excluding hydrogens is 300 g/mol. The fourth-order valence-corrected chi connectivity index (χ4v) is 3.17. The van der Waals surface area contributed by atoms with Gasteiger partial charge >= 0.3 is 0 Å². The first-order valence-corrected chi connectivity index (χ1v) is 7.91. The second-order valence-electron chi connectivity index (χ2n) is 4.24. The van der Waals surface area contributed by atoms with Crippen LogP contribution in [-0.2, 0) is 30.0 Å². The zero-order chi connectivity index (χ0) is 14.8. The normalized spacial score (nSPS) is 11.8. The van der Waals surface area contributed by atoms with E-state index < -0.39 is 10.0 Å². The lowest BCUT2D eigenvalue weighted by atomic mass is 10.1. The lowest BCUT2D eigenvalue weighted by molar-refractivity contribution is 0.577. The molecule has 0 aromatic carbocycles. The van der Waals surface area contributed by atoms with Crippen LogP contribution in [0.3, 0.4) is 0 Å². The van der Waals surface area contributed by atoms with Crippen LogP contribution in [0.2, 0.25) is 5.15 Å². The average Bonchev–Trinajstić information content (AvgIpc) is 2.78. The van der Waals surface area contributed by atoms with E-state index in [2.05, 4.69) is 14.7 Å². The topological polar surface area (TPSA) is 76.9 Å². The van der Waals surface area contributed by atoms with Crippen molar-refractivity contribution in [2.75, 3.05) is 0 Å². The summed E-state index contributed by atoms with van der Waals surface area (Å²) < 4.78 is 28.2. The highest BCUT2D eigenvalue weighted by Gasteiger charge is 2.22. The predicted octanol–water partition coefficient (Wildman–Crippen LogP) is 1.51. The van der Waals surface area contributed by atoms with Gasteiger partial charge in [0.2, 0.25) is 5.03 Å². The van der Waals surface area contributed by atoms with Crippen molar-refractivity contribution in [3.8, 4) is 0 Å². The number of hydrogen-bond acceptors (Lipinski definition) is 4. The molecule has 2 rings (SSSR count). The first kappa shape index (κ1) is 15.0. The van der Waals surface area contributed by atoms with E-state index in [4.69, 9.17) is 11.6 Å². The Morgan fingerprint density at radius 3 is 2.75 bits per heavy atom. The van der Waals surface area contributed by atoms with Gasteiger partial charge in [0, 0.05) is 13.2 Å². The third kappa shape index (κ3) is 3.00. The molecule has 0 amide bonds. The van der Waals surface area contributed by atoms with Gasteiger partial charge in [0.15, 0.2) is 0 Å². The zero-order valence-corrected chi connectivity index (χ0v) is 12.7. The Morgan fingerprint density at radius 1 is 1.40 bits per heavy atom. The Bertz CT molecular complexity index is 712. The van der Waals surface area contributed by atoms with Crippen molar-refractivity contribution < 1.29 is 8.42 Å². The molecule has 1 N–H and O–H groups in total. The monoisotopic (exact) mass is 314 g/mol. The number of halogens is 1. The van der Waals surface area contributed by atoms with Crippen LogP contribution < -0.4 is 4.72 Å². The Hall–Kier alpha value is -1.44. The van der Waals surface area contributed by atoms with Gasteiger partial charge in [0.25, 0.3) is 10.0 Å². The number of rotatable bonds is 5. The second kappa shape index (κ2) is 5.90. The highest BCUT2D eigenvalue weighted by atomic mass is 35.5. The van der Waals surface area contributed by atoms with Gasteiger partial charge in [-0.2, -0.15) is 0 Å². The molecule has 6 nitrogen and oxygen atoms in total. The molecule has 2 heterocycles. The molecule has 0 radical (unpaired) electrons. The van der Waals surface area contributed by atoms with Gasteiger partial charge in [-0.25, -0.2) is 18.1 Å². The van der Waals surface area contributed by atoms with Crippen LogP contribution in [-0.4, -0.2) is 23.0 Å². The maximum atomic E-state index is 12.1. The Kier molecular flexibility index (Phi) is 4.42. The quantitative estimate of drug-likeness (QED) is 0.907. The number of nitrogens with zero attached hydrogens (tertiary/aromatic N) is 3. The third-order valence-corrected chi connectivity index (χ3v) is 4.77. The van der Waals surface area contributed by atoms with Gasteiger partial charge < -0.3 is 4.57 Å². The summed E-state index contributed by atoms with van der Waals surface area (Å²) in [7, 11) is -2.12. The lowest BCUT2D eigenvalue weighted by Gasteiger charge is -2.08. The molecule has 0 atom stereocenters. The summed E-state index contributed by atoms with van der Waals surface area (Å²) in [6.45, 7) is 2.10. The molecule has 108 valence electrons. The molecular formula is C12H15ClN4O2S. The van der Waals surface area contributed by atoms with Gasteiger partial charge in [0.1, 0.15) is 5.15 Å². The SMILES string of the molecule is CCc1cccnc1CNS(=O)(=O)c1ncn(C)c1Cl. The van der Waals surface area contributed by atoms with Crippen molar-refractivity contribution in [2.45, 2.75) is 24.9 Å². The van der Waals surface area contributed by atoms with E-state index in [0.29, 0.717) is 5.69 Å². The number of pyridine rings is 1. The molecule has 0 saturated heterocycles. The summed E-state index contributed by atoms with van der Waals surface area (Å²) in [5, 5.41) is -0.0927. The van der Waals surface area contributed by atoms with Crippen molar-refractivity contribution in [3.63, 3.8) is 0 Å². The minimum atomic E-state index is -3.75. The first-order valence-electron chi connectivity index (χ1n) is 6.05. The number of nitrogens with one attached hydrogen (secondary N) is 1. The van der Waals surface area contributed by atoms with Crippen LogP contribution in [0, 0.1) is 0 Å². The van der Waals surface area contributed by atoms with Crippen LogP contribution in [0.5, 0.6) is 0 Å². The van der Waals surface area contributed by atoms with Gasteiger partial charge in [-0.05, 0) is 18.1 Å². The number of aromatic nitrogens is 3. The van der Waals surface area contributed by atoms with Gasteiger partial charge in [-0.15, -0.1) is 0 Å². The summed E-state index contributed by atoms with van der Waals surface area (Å²) in [5.74, 6) is 0. The Morgan fingerprint density at radius 2 is 2.15 bits per heavy atom. The van der Waals surface area contributed by atoms with E-state index in [-0.39, 0.29) is 16.7 Å². The smallest absolute Gasteiger partial charge is 0.261 e. The molecule has 0 aliphatic rings. The molecule has 2 aromatic rings. The van der Waals surface area contributed by atoms with E-state index in [9.17, 15) is 8.42 Å². The molecule has 0 fully saturated rings. The highest BCUT2D eigenvalue weighted by molar-refractivity contribution is 7.89. The molecule has 0 aliphatic carbocycles. The van der Waals surface area contributed by atoms with Crippen LogP contribution in [0.15, 0.2) is 29.7 Å². The molecule has 0 unspecified atom stereocenters. The summed E-state index contributed by atoms with van der Waals surface area (Å²) in [4.78, 5) is 7.99. The maximum absolute atomic E-state index is 12.1. The number of sulfonamides is 1. The van der Waals surface area contributed by atoms with Crippen LogP contribution >= 0.6 is 11.6 Å².